The lowest BCUT2D eigenvalue weighted by molar-refractivity contribution is 0.0909. The maximum absolute atomic E-state index is 12.9. The molecular formula is C21H23N5O2. The smallest absolute Gasteiger partial charge is 0.258 e. The van der Waals surface area contributed by atoms with Crippen LogP contribution in [-0.4, -0.2) is 45.1 Å². The lowest BCUT2D eigenvalue weighted by Gasteiger charge is -2.32. The molecule has 1 aliphatic heterocycles. The second kappa shape index (κ2) is 8.31. The van der Waals surface area contributed by atoms with Crippen LogP contribution in [0.4, 0.5) is 0 Å². The highest BCUT2D eigenvalue weighted by Gasteiger charge is 2.23. The summed E-state index contributed by atoms with van der Waals surface area (Å²) in [6.45, 7) is 4.59. The van der Waals surface area contributed by atoms with Crippen molar-refractivity contribution in [3.63, 3.8) is 0 Å². The Morgan fingerprint density at radius 2 is 1.93 bits per heavy atom. The summed E-state index contributed by atoms with van der Waals surface area (Å²) in [6.07, 6.45) is 5.51. The second-order valence-corrected chi connectivity index (χ2v) is 7.07. The molecule has 0 spiro atoms. The van der Waals surface area contributed by atoms with Gasteiger partial charge >= 0.3 is 0 Å². The van der Waals surface area contributed by atoms with Gasteiger partial charge in [-0.3, -0.25) is 14.7 Å². The molecule has 7 nitrogen and oxygen atoms in total. The van der Waals surface area contributed by atoms with Gasteiger partial charge in [0.1, 0.15) is 0 Å². The molecule has 7 heteroatoms. The summed E-state index contributed by atoms with van der Waals surface area (Å²) in [5, 5.41) is 7.00. The number of likely N-dealkylation sites (tertiary alicyclic amines) is 1. The summed E-state index contributed by atoms with van der Waals surface area (Å²) in [5.74, 6) is 0.821. The zero-order valence-electron chi connectivity index (χ0n) is 15.8. The summed E-state index contributed by atoms with van der Waals surface area (Å²) < 4.78 is 5.25. The van der Waals surface area contributed by atoms with Crippen LogP contribution in [0.25, 0.3) is 11.5 Å². The van der Waals surface area contributed by atoms with Crippen molar-refractivity contribution in [2.75, 3.05) is 13.1 Å². The van der Waals surface area contributed by atoms with E-state index in [2.05, 4.69) is 25.3 Å². The summed E-state index contributed by atoms with van der Waals surface area (Å²) >= 11 is 0. The number of aryl methyl sites for hydroxylation is 1. The number of carbonyl (C=O) groups excluding carboxylic acids is 1. The average Bonchev–Trinajstić information content (AvgIpc) is 3.16. The van der Waals surface area contributed by atoms with E-state index in [0.29, 0.717) is 22.8 Å². The predicted molar refractivity (Wildman–Crippen MR) is 104 cm³/mol. The van der Waals surface area contributed by atoms with E-state index in [-0.39, 0.29) is 11.9 Å². The van der Waals surface area contributed by atoms with E-state index in [1.54, 1.807) is 13.0 Å². The van der Waals surface area contributed by atoms with Crippen LogP contribution in [0.5, 0.6) is 0 Å². The van der Waals surface area contributed by atoms with Crippen molar-refractivity contribution in [2.45, 2.75) is 32.4 Å². The quantitative estimate of drug-likeness (QED) is 0.736. The largest absolute Gasteiger partial charge is 0.349 e. The Morgan fingerprint density at radius 1 is 1.18 bits per heavy atom. The fraction of sp³-hybridized carbons (Fsp3) is 0.333. The molecule has 1 aliphatic rings. The molecule has 0 radical (unpaired) electrons. The molecule has 1 N–H and O–H groups in total. The highest BCUT2D eigenvalue weighted by molar-refractivity contribution is 6.00. The van der Waals surface area contributed by atoms with Crippen molar-refractivity contribution in [3.8, 4) is 11.5 Å². The topological polar surface area (TPSA) is 84.2 Å². The molecule has 144 valence electrons. The first-order chi connectivity index (χ1) is 13.7. The summed E-state index contributed by atoms with van der Waals surface area (Å²) in [7, 11) is 0. The Labute approximate surface area is 163 Å². The van der Waals surface area contributed by atoms with Gasteiger partial charge in [0.15, 0.2) is 5.82 Å². The van der Waals surface area contributed by atoms with Crippen molar-refractivity contribution in [1.82, 2.24) is 25.3 Å². The average molecular weight is 377 g/mol. The minimum Gasteiger partial charge on any atom is -0.349 e. The Bertz CT molecular complexity index is 933. The van der Waals surface area contributed by atoms with E-state index in [9.17, 15) is 4.79 Å². The maximum atomic E-state index is 12.9. The molecule has 1 amide bonds. The lowest BCUT2D eigenvalue weighted by Crippen LogP contribution is -2.44. The van der Waals surface area contributed by atoms with Gasteiger partial charge in [0.25, 0.3) is 11.8 Å². The molecule has 1 fully saturated rings. The molecule has 3 heterocycles. The molecule has 28 heavy (non-hydrogen) atoms. The van der Waals surface area contributed by atoms with Crippen LogP contribution < -0.4 is 5.32 Å². The molecular weight excluding hydrogens is 354 g/mol. The number of carbonyl (C=O) groups is 1. The summed E-state index contributed by atoms with van der Waals surface area (Å²) in [6, 6.07) is 11.6. The molecule has 3 aromatic rings. The van der Waals surface area contributed by atoms with Crippen LogP contribution in [0.2, 0.25) is 0 Å². The second-order valence-electron chi connectivity index (χ2n) is 7.07. The lowest BCUT2D eigenvalue weighted by atomic mass is 10.0. The molecule has 2 aromatic heterocycles. The Morgan fingerprint density at radius 3 is 2.64 bits per heavy atom. The number of nitrogens with zero attached hydrogens (tertiary/aromatic N) is 4. The van der Waals surface area contributed by atoms with Gasteiger partial charge in [0.2, 0.25) is 0 Å². The van der Waals surface area contributed by atoms with Crippen LogP contribution in [0.1, 0.15) is 34.6 Å². The molecule has 0 atom stereocenters. The number of hydrogen-bond donors (Lipinski definition) is 1. The number of aromatic nitrogens is 3. The van der Waals surface area contributed by atoms with Gasteiger partial charge in [0.05, 0.1) is 11.1 Å². The number of pyridine rings is 1. The van der Waals surface area contributed by atoms with E-state index in [1.807, 2.05) is 42.7 Å². The van der Waals surface area contributed by atoms with Crippen LogP contribution in [0.15, 0.2) is 53.3 Å². The number of benzene rings is 1. The van der Waals surface area contributed by atoms with Crippen molar-refractivity contribution >= 4 is 5.91 Å². The highest BCUT2D eigenvalue weighted by atomic mass is 16.5. The third-order valence-electron chi connectivity index (χ3n) is 5.01. The van der Waals surface area contributed by atoms with Crippen molar-refractivity contribution in [3.05, 3.63) is 65.7 Å². The van der Waals surface area contributed by atoms with E-state index < -0.39 is 0 Å². The number of nitrogens with one attached hydrogen (secondary N) is 1. The third kappa shape index (κ3) is 4.26. The SMILES string of the molecule is Cc1noc(-c2ccccc2C(=O)NC2CCN(Cc3ccncc3)CC2)n1. The van der Waals surface area contributed by atoms with Crippen LogP contribution in [-0.2, 0) is 6.54 Å². The van der Waals surface area contributed by atoms with Crippen LogP contribution >= 0.6 is 0 Å². The molecule has 0 aliphatic carbocycles. The van der Waals surface area contributed by atoms with Crippen molar-refractivity contribution < 1.29 is 9.32 Å². The van der Waals surface area contributed by atoms with Gasteiger partial charge in [-0.25, -0.2) is 0 Å². The van der Waals surface area contributed by atoms with E-state index in [1.165, 1.54) is 5.56 Å². The van der Waals surface area contributed by atoms with E-state index in [4.69, 9.17) is 4.52 Å². The molecule has 0 unspecified atom stereocenters. The van der Waals surface area contributed by atoms with Gasteiger partial charge in [-0.15, -0.1) is 0 Å². The third-order valence-corrected chi connectivity index (χ3v) is 5.01. The monoisotopic (exact) mass is 377 g/mol. The number of hydrogen-bond acceptors (Lipinski definition) is 6. The van der Waals surface area contributed by atoms with Gasteiger partial charge in [-0.2, -0.15) is 4.98 Å². The fourth-order valence-corrected chi connectivity index (χ4v) is 3.52. The first kappa shape index (κ1) is 18.3. The zero-order valence-corrected chi connectivity index (χ0v) is 15.8. The zero-order chi connectivity index (χ0) is 19.3. The molecule has 0 saturated carbocycles. The molecule has 4 rings (SSSR count). The van der Waals surface area contributed by atoms with E-state index in [0.717, 1.165) is 32.5 Å². The van der Waals surface area contributed by atoms with E-state index >= 15 is 0 Å². The minimum atomic E-state index is -0.0981. The normalized spacial score (nSPS) is 15.5. The number of amides is 1. The summed E-state index contributed by atoms with van der Waals surface area (Å²) in [4.78, 5) is 23.6. The van der Waals surface area contributed by atoms with Gasteiger partial charge in [0, 0.05) is 38.1 Å². The van der Waals surface area contributed by atoms with Crippen molar-refractivity contribution in [1.29, 1.82) is 0 Å². The van der Waals surface area contributed by atoms with Gasteiger partial charge < -0.3 is 9.84 Å². The highest BCUT2D eigenvalue weighted by Crippen LogP contribution is 2.22. The minimum absolute atomic E-state index is 0.0981. The van der Waals surface area contributed by atoms with Crippen LogP contribution in [0.3, 0.4) is 0 Å². The Hall–Kier alpha value is -3.06. The number of rotatable bonds is 5. The fourth-order valence-electron chi connectivity index (χ4n) is 3.52. The molecule has 0 bridgehead atoms. The molecule has 1 saturated heterocycles. The van der Waals surface area contributed by atoms with Gasteiger partial charge in [-0.1, -0.05) is 17.3 Å². The first-order valence-corrected chi connectivity index (χ1v) is 9.51. The first-order valence-electron chi connectivity index (χ1n) is 9.51. The Balaban J connectivity index is 1.36. The standard InChI is InChI=1S/C21H23N5O2/c1-15-23-21(28-25-15)19-5-3-2-4-18(19)20(27)24-17-8-12-26(13-9-17)14-16-6-10-22-11-7-16/h2-7,10-11,17H,8-9,12-14H2,1H3,(H,24,27). The Kier molecular flexibility index (Phi) is 5.43. The van der Waals surface area contributed by atoms with Gasteiger partial charge in [-0.05, 0) is 49.6 Å². The molecule has 1 aromatic carbocycles. The number of piperidine rings is 1. The predicted octanol–water partition coefficient (Wildman–Crippen LogP) is 2.83. The van der Waals surface area contributed by atoms with Crippen molar-refractivity contribution in [2.24, 2.45) is 0 Å². The maximum Gasteiger partial charge on any atom is 0.258 e. The van der Waals surface area contributed by atoms with Crippen LogP contribution in [0, 0.1) is 6.92 Å². The summed E-state index contributed by atoms with van der Waals surface area (Å²) in [5.41, 5.74) is 2.49.